The van der Waals surface area contributed by atoms with Crippen LogP contribution in [0.25, 0.3) is 0 Å². The van der Waals surface area contributed by atoms with Crippen LogP contribution in [-0.4, -0.2) is 8.42 Å². The molecule has 0 bridgehead atoms. The highest BCUT2D eigenvalue weighted by Crippen LogP contribution is 2.21. The lowest BCUT2D eigenvalue weighted by Crippen LogP contribution is -2.15. The number of sulfonamides is 1. The van der Waals surface area contributed by atoms with Gasteiger partial charge in [-0.2, -0.15) is 5.26 Å². The zero-order valence-electron chi connectivity index (χ0n) is 9.97. The molecule has 4 nitrogen and oxygen atoms in total. The fourth-order valence-corrected chi connectivity index (χ4v) is 2.82. The largest absolute Gasteiger partial charge is 0.279 e. The third-order valence-corrected chi connectivity index (χ3v) is 3.88. The molecule has 2 aromatic carbocycles. The summed E-state index contributed by atoms with van der Waals surface area (Å²) in [5.41, 5.74) is -0.602. The number of benzene rings is 2. The fourth-order valence-electron chi connectivity index (χ4n) is 1.60. The Morgan fingerprint density at radius 3 is 2.45 bits per heavy atom. The normalized spacial score (nSPS) is 10.8. The number of halogens is 2. The Morgan fingerprint density at radius 2 is 1.80 bits per heavy atom. The topological polar surface area (TPSA) is 70.0 Å². The van der Waals surface area contributed by atoms with Gasteiger partial charge in [-0.25, -0.2) is 17.2 Å². The van der Waals surface area contributed by atoms with Crippen LogP contribution >= 0.6 is 0 Å². The van der Waals surface area contributed by atoms with E-state index in [2.05, 4.69) is 4.72 Å². The smallest absolute Gasteiger partial charge is 0.263 e. The standard InChI is InChI=1S/C13H8F2N2O2S/c14-9-3-1-4-10(7-9)17-20(18,19)13-6-2-5-12(15)11(13)8-16/h1-7,17H. The summed E-state index contributed by atoms with van der Waals surface area (Å²) in [5.74, 6) is -1.56. The molecule has 0 spiro atoms. The molecular weight excluding hydrogens is 286 g/mol. The van der Waals surface area contributed by atoms with Gasteiger partial charge in [-0.1, -0.05) is 12.1 Å². The SMILES string of the molecule is N#Cc1c(F)cccc1S(=O)(=O)Nc1cccc(F)c1. The highest BCUT2D eigenvalue weighted by Gasteiger charge is 2.21. The maximum atomic E-state index is 13.4. The molecule has 0 amide bonds. The molecule has 0 aromatic heterocycles. The zero-order valence-corrected chi connectivity index (χ0v) is 10.8. The van der Waals surface area contributed by atoms with E-state index in [1.165, 1.54) is 24.3 Å². The molecule has 20 heavy (non-hydrogen) atoms. The van der Waals surface area contributed by atoms with Gasteiger partial charge in [0.25, 0.3) is 10.0 Å². The number of anilines is 1. The average Bonchev–Trinajstić information content (AvgIpc) is 2.38. The molecule has 2 aromatic rings. The first-order valence-corrected chi connectivity index (χ1v) is 6.89. The van der Waals surface area contributed by atoms with E-state index < -0.39 is 32.1 Å². The zero-order chi connectivity index (χ0) is 14.8. The van der Waals surface area contributed by atoms with Gasteiger partial charge >= 0.3 is 0 Å². The lowest BCUT2D eigenvalue weighted by atomic mass is 10.2. The molecule has 7 heteroatoms. The lowest BCUT2D eigenvalue weighted by Gasteiger charge is -2.09. The third kappa shape index (κ3) is 2.75. The van der Waals surface area contributed by atoms with Crippen LogP contribution in [0.5, 0.6) is 0 Å². The number of rotatable bonds is 3. The van der Waals surface area contributed by atoms with Crippen molar-refractivity contribution in [2.24, 2.45) is 0 Å². The summed E-state index contributed by atoms with van der Waals surface area (Å²) in [6.45, 7) is 0. The molecule has 0 saturated heterocycles. The maximum Gasteiger partial charge on any atom is 0.263 e. The van der Waals surface area contributed by atoms with Gasteiger partial charge < -0.3 is 0 Å². The van der Waals surface area contributed by atoms with Crippen molar-refractivity contribution >= 4 is 15.7 Å². The van der Waals surface area contributed by atoms with E-state index in [1.54, 1.807) is 0 Å². The molecular formula is C13H8F2N2O2S. The maximum absolute atomic E-state index is 13.4. The molecule has 0 unspecified atom stereocenters. The molecule has 2 rings (SSSR count). The number of nitrogens with one attached hydrogen (secondary N) is 1. The minimum absolute atomic E-state index is 0.0156. The summed E-state index contributed by atoms with van der Waals surface area (Å²) in [7, 11) is -4.17. The second kappa shape index (κ2) is 5.27. The van der Waals surface area contributed by atoms with E-state index in [0.29, 0.717) is 0 Å². The first-order valence-electron chi connectivity index (χ1n) is 5.41. The van der Waals surface area contributed by atoms with Crippen molar-refractivity contribution in [1.29, 1.82) is 5.26 Å². The number of nitriles is 1. The van der Waals surface area contributed by atoms with Crippen LogP contribution < -0.4 is 4.72 Å². The van der Waals surface area contributed by atoms with Gasteiger partial charge in [-0.15, -0.1) is 0 Å². The number of nitrogens with zero attached hydrogens (tertiary/aromatic N) is 1. The van der Waals surface area contributed by atoms with Crippen LogP contribution in [-0.2, 0) is 10.0 Å². The molecule has 0 heterocycles. The van der Waals surface area contributed by atoms with E-state index in [4.69, 9.17) is 5.26 Å². The van der Waals surface area contributed by atoms with Crippen molar-refractivity contribution in [1.82, 2.24) is 0 Å². The average molecular weight is 294 g/mol. The van der Waals surface area contributed by atoms with Crippen LogP contribution in [0.3, 0.4) is 0 Å². The van der Waals surface area contributed by atoms with Crippen LogP contribution in [0.4, 0.5) is 14.5 Å². The van der Waals surface area contributed by atoms with Crippen LogP contribution in [0, 0.1) is 23.0 Å². The minimum atomic E-state index is -4.17. The summed E-state index contributed by atoms with van der Waals surface area (Å²) in [6, 6.07) is 9.55. The summed E-state index contributed by atoms with van der Waals surface area (Å²) in [6.07, 6.45) is 0. The Morgan fingerprint density at radius 1 is 1.10 bits per heavy atom. The second-order valence-electron chi connectivity index (χ2n) is 3.84. The molecule has 0 aliphatic rings. The second-order valence-corrected chi connectivity index (χ2v) is 5.49. The predicted octanol–water partition coefficient (Wildman–Crippen LogP) is 2.64. The minimum Gasteiger partial charge on any atom is -0.279 e. The van der Waals surface area contributed by atoms with E-state index in [9.17, 15) is 17.2 Å². The van der Waals surface area contributed by atoms with Crippen LogP contribution in [0.1, 0.15) is 5.56 Å². The van der Waals surface area contributed by atoms with Gasteiger partial charge in [0.05, 0.1) is 5.69 Å². The van der Waals surface area contributed by atoms with Crippen LogP contribution in [0.2, 0.25) is 0 Å². The van der Waals surface area contributed by atoms with Gasteiger partial charge in [-0.05, 0) is 30.3 Å². The van der Waals surface area contributed by atoms with Crippen LogP contribution in [0.15, 0.2) is 47.4 Å². The van der Waals surface area contributed by atoms with E-state index in [0.717, 1.165) is 24.3 Å². The Balaban J connectivity index is 2.47. The van der Waals surface area contributed by atoms with Crippen molar-refractivity contribution in [3.8, 4) is 6.07 Å². The predicted molar refractivity (Wildman–Crippen MR) is 68.3 cm³/mol. The molecule has 1 N–H and O–H groups in total. The molecule has 0 atom stereocenters. The van der Waals surface area contributed by atoms with E-state index >= 15 is 0 Å². The lowest BCUT2D eigenvalue weighted by molar-refractivity contribution is 0.593. The van der Waals surface area contributed by atoms with Gasteiger partial charge in [0.2, 0.25) is 0 Å². The molecule has 0 aliphatic carbocycles. The fraction of sp³-hybridized carbons (Fsp3) is 0. The third-order valence-electron chi connectivity index (χ3n) is 2.45. The number of hydrogen-bond donors (Lipinski definition) is 1. The van der Waals surface area contributed by atoms with Crippen molar-refractivity contribution < 1.29 is 17.2 Å². The van der Waals surface area contributed by atoms with Gasteiger partial charge in [0.1, 0.15) is 28.2 Å². The van der Waals surface area contributed by atoms with Gasteiger partial charge in [-0.3, -0.25) is 4.72 Å². The van der Waals surface area contributed by atoms with Gasteiger partial charge in [0.15, 0.2) is 0 Å². The monoisotopic (exact) mass is 294 g/mol. The highest BCUT2D eigenvalue weighted by atomic mass is 32.2. The first-order chi connectivity index (χ1) is 9.44. The summed E-state index contributed by atoms with van der Waals surface area (Å²) < 4.78 is 52.7. The molecule has 0 aliphatic heterocycles. The Labute approximate surface area is 114 Å². The Kier molecular flexibility index (Phi) is 3.68. The van der Waals surface area contributed by atoms with E-state index in [-0.39, 0.29) is 5.69 Å². The van der Waals surface area contributed by atoms with Crippen molar-refractivity contribution in [2.45, 2.75) is 4.90 Å². The number of hydrogen-bond acceptors (Lipinski definition) is 3. The summed E-state index contributed by atoms with van der Waals surface area (Å²) in [4.78, 5) is -0.496. The molecule has 0 fully saturated rings. The van der Waals surface area contributed by atoms with Crippen molar-refractivity contribution in [3.05, 3.63) is 59.7 Å². The quantitative estimate of drug-likeness (QED) is 0.946. The molecule has 0 radical (unpaired) electrons. The van der Waals surface area contributed by atoms with Gasteiger partial charge in [0, 0.05) is 0 Å². The molecule has 0 saturated carbocycles. The molecule has 102 valence electrons. The Hall–Kier alpha value is -2.46. The van der Waals surface area contributed by atoms with Crippen molar-refractivity contribution in [3.63, 3.8) is 0 Å². The summed E-state index contributed by atoms with van der Waals surface area (Å²) in [5, 5.41) is 8.83. The Bertz CT molecular complexity index is 798. The highest BCUT2D eigenvalue weighted by molar-refractivity contribution is 7.92. The van der Waals surface area contributed by atoms with E-state index in [1.807, 2.05) is 0 Å². The van der Waals surface area contributed by atoms with Crippen molar-refractivity contribution in [2.75, 3.05) is 4.72 Å². The summed E-state index contributed by atoms with van der Waals surface area (Å²) >= 11 is 0. The first kappa shape index (κ1) is 14.0.